The normalized spacial score (nSPS) is 18.4. The molecule has 2 aliphatic rings. The van der Waals surface area contributed by atoms with E-state index in [-0.39, 0.29) is 25.6 Å². The molecule has 2 N–H and O–H groups in total. The van der Waals surface area contributed by atoms with Gasteiger partial charge < -0.3 is 24.6 Å². The smallest absolute Gasteiger partial charge is 0.407 e. The van der Waals surface area contributed by atoms with Gasteiger partial charge in [0.1, 0.15) is 6.61 Å². The fourth-order valence-corrected chi connectivity index (χ4v) is 5.38. The number of hydrogen-bond donors (Lipinski definition) is 2. The lowest BCUT2D eigenvalue weighted by molar-refractivity contribution is -0.187. The molecule has 0 bridgehead atoms. The maximum atomic E-state index is 13.2. The minimum Gasteiger partial charge on any atom is -0.481 e. The summed E-state index contributed by atoms with van der Waals surface area (Å²) in [5.41, 5.74) is 6.47. The molecule has 0 saturated carbocycles. The lowest BCUT2D eigenvalue weighted by Crippen LogP contribution is -2.36. The van der Waals surface area contributed by atoms with Crippen molar-refractivity contribution in [3.05, 3.63) is 119 Å². The van der Waals surface area contributed by atoms with E-state index in [2.05, 4.69) is 29.6 Å². The van der Waals surface area contributed by atoms with E-state index in [9.17, 15) is 9.59 Å². The van der Waals surface area contributed by atoms with Crippen molar-refractivity contribution in [1.82, 2.24) is 5.32 Å². The molecule has 0 radical (unpaired) electrons. The number of nitrogens with one attached hydrogen (secondary N) is 1. The third kappa shape index (κ3) is 6.01. The number of alkyl carbamates (subject to hydrolysis) is 1. The number of methoxy groups -OCH3 is 1. The second-order valence-electron chi connectivity index (χ2n) is 9.92. The highest BCUT2D eigenvalue weighted by atomic mass is 16.7. The Kier molecular flexibility index (Phi) is 8.43. The van der Waals surface area contributed by atoms with Gasteiger partial charge in [0.25, 0.3) is 0 Å². The van der Waals surface area contributed by atoms with Gasteiger partial charge in [-0.1, -0.05) is 91.0 Å². The van der Waals surface area contributed by atoms with Gasteiger partial charge >= 0.3 is 12.1 Å². The van der Waals surface area contributed by atoms with Crippen LogP contribution in [0, 0.1) is 0 Å². The van der Waals surface area contributed by atoms with Gasteiger partial charge in [0.2, 0.25) is 0 Å². The molecule has 2 unspecified atom stereocenters. The zero-order valence-corrected chi connectivity index (χ0v) is 22.4. The van der Waals surface area contributed by atoms with Crippen LogP contribution in [0.25, 0.3) is 11.1 Å². The van der Waals surface area contributed by atoms with Crippen LogP contribution in [0.1, 0.15) is 47.9 Å². The van der Waals surface area contributed by atoms with Crippen molar-refractivity contribution in [1.29, 1.82) is 0 Å². The van der Waals surface area contributed by atoms with Gasteiger partial charge in [-0.15, -0.1) is 0 Å². The number of ether oxygens (including phenoxy) is 3. The molecule has 2 aliphatic carbocycles. The van der Waals surface area contributed by atoms with Gasteiger partial charge in [-0.3, -0.25) is 4.79 Å². The van der Waals surface area contributed by atoms with E-state index < -0.39 is 23.9 Å². The zero-order chi connectivity index (χ0) is 28.0. The maximum Gasteiger partial charge on any atom is 0.407 e. The van der Waals surface area contributed by atoms with E-state index in [1.807, 2.05) is 72.8 Å². The number of rotatable bonds is 11. The Balaban J connectivity index is 1.27. The second-order valence-corrected chi connectivity index (χ2v) is 9.92. The van der Waals surface area contributed by atoms with Gasteiger partial charge in [-0.2, -0.15) is 0 Å². The van der Waals surface area contributed by atoms with Crippen LogP contribution < -0.4 is 5.32 Å². The Morgan fingerprint density at radius 2 is 1.62 bits per heavy atom. The zero-order valence-electron chi connectivity index (χ0n) is 22.4. The molecule has 206 valence electrons. The molecular formula is C33H33NO6. The Labute approximate surface area is 234 Å². The van der Waals surface area contributed by atoms with Crippen molar-refractivity contribution in [3.8, 4) is 11.1 Å². The second kappa shape index (κ2) is 12.3. The average molecular weight is 540 g/mol. The van der Waals surface area contributed by atoms with Crippen molar-refractivity contribution in [2.75, 3.05) is 20.3 Å². The topological polar surface area (TPSA) is 94.1 Å². The number of carboxylic acids is 1. The lowest BCUT2D eigenvalue weighted by Gasteiger charge is -2.32. The van der Waals surface area contributed by atoms with E-state index in [1.54, 1.807) is 7.11 Å². The van der Waals surface area contributed by atoms with Crippen molar-refractivity contribution in [2.24, 2.45) is 0 Å². The third-order valence-corrected chi connectivity index (χ3v) is 7.45. The molecule has 2 atom stereocenters. The number of carbonyl (C=O) groups is 2. The highest BCUT2D eigenvalue weighted by Gasteiger charge is 2.32. The number of carbonyl (C=O) groups excluding carboxylic acids is 1. The molecule has 0 saturated heterocycles. The van der Waals surface area contributed by atoms with Crippen molar-refractivity contribution in [3.63, 3.8) is 0 Å². The molecule has 40 heavy (non-hydrogen) atoms. The van der Waals surface area contributed by atoms with Crippen LogP contribution >= 0.6 is 0 Å². The monoisotopic (exact) mass is 539 g/mol. The number of carboxylic acid groups (broad SMARTS) is 1. The molecule has 1 amide bonds. The van der Waals surface area contributed by atoms with Gasteiger partial charge in [0.15, 0.2) is 5.79 Å². The summed E-state index contributed by atoms with van der Waals surface area (Å²) >= 11 is 0. The summed E-state index contributed by atoms with van der Waals surface area (Å²) in [5, 5.41) is 11.9. The Morgan fingerprint density at radius 1 is 0.975 bits per heavy atom. The number of hydrogen-bond acceptors (Lipinski definition) is 5. The molecule has 3 aromatic carbocycles. The van der Waals surface area contributed by atoms with Crippen molar-refractivity contribution in [2.45, 2.75) is 37.0 Å². The molecule has 0 heterocycles. The number of benzene rings is 3. The van der Waals surface area contributed by atoms with Gasteiger partial charge in [-0.05, 0) is 45.9 Å². The van der Waals surface area contributed by atoms with Crippen LogP contribution in [0.3, 0.4) is 0 Å². The maximum absolute atomic E-state index is 13.2. The van der Waals surface area contributed by atoms with E-state index >= 15 is 0 Å². The van der Waals surface area contributed by atoms with E-state index in [1.165, 1.54) is 11.1 Å². The predicted octanol–water partition coefficient (Wildman–Crippen LogP) is 6.38. The summed E-state index contributed by atoms with van der Waals surface area (Å²) < 4.78 is 17.4. The minimum absolute atomic E-state index is 0.0253. The Hall–Kier alpha value is -4.20. The van der Waals surface area contributed by atoms with E-state index in [0.29, 0.717) is 12.8 Å². The highest BCUT2D eigenvalue weighted by molar-refractivity contribution is 5.79. The summed E-state index contributed by atoms with van der Waals surface area (Å²) in [7, 11) is 1.56. The molecule has 0 spiro atoms. The van der Waals surface area contributed by atoms with Crippen LogP contribution in [0.4, 0.5) is 4.79 Å². The van der Waals surface area contributed by atoms with E-state index in [4.69, 9.17) is 19.3 Å². The fourth-order valence-electron chi connectivity index (χ4n) is 5.38. The minimum atomic E-state index is -0.979. The Bertz CT molecular complexity index is 1370. The summed E-state index contributed by atoms with van der Waals surface area (Å²) in [6, 6.07) is 25.8. The molecule has 0 fully saturated rings. The number of fused-ring (bicyclic) bond motifs is 3. The first kappa shape index (κ1) is 27.4. The summed E-state index contributed by atoms with van der Waals surface area (Å²) in [5.74, 6) is -1.86. The van der Waals surface area contributed by atoms with Crippen molar-refractivity contribution >= 4 is 12.1 Å². The standard InChI is InChI=1S/C33H33NO6/c1-38-33(40-21-9-16-30(35)36)19-17-24(18-20-33)31(23-10-3-2-4-11-23)34-32(37)39-22-29-27-14-7-5-12-25(27)26-13-6-8-15-28(26)29/h2-8,10-15,17-19,29,31H,9,16,20-22H2,1H3,(H,34,37)(H,35,36). The molecule has 7 nitrogen and oxygen atoms in total. The summed E-state index contributed by atoms with van der Waals surface area (Å²) in [6.45, 7) is 0.487. The number of aliphatic carboxylic acids is 1. The largest absolute Gasteiger partial charge is 0.481 e. The summed E-state index contributed by atoms with van der Waals surface area (Å²) in [6.07, 6.45) is 6.01. The molecular weight excluding hydrogens is 506 g/mol. The van der Waals surface area contributed by atoms with Crippen LogP contribution in [0.2, 0.25) is 0 Å². The van der Waals surface area contributed by atoms with E-state index in [0.717, 1.165) is 22.3 Å². The number of amides is 1. The molecule has 7 heteroatoms. The average Bonchev–Trinajstić information content (AvgIpc) is 3.31. The highest BCUT2D eigenvalue weighted by Crippen LogP contribution is 2.44. The quantitative estimate of drug-likeness (QED) is 0.217. The Morgan fingerprint density at radius 3 is 2.23 bits per heavy atom. The fraction of sp³-hybridized carbons (Fsp3) is 0.273. The van der Waals surface area contributed by atoms with Gasteiger partial charge in [0, 0.05) is 25.9 Å². The first-order valence-electron chi connectivity index (χ1n) is 13.5. The molecule has 0 aromatic heterocycles. The van der Waals surface area contributed by atoms with Crippen LogP contribution in [-0.4, -0.2) is 43.3 Å². The predicted molar refractivity (Wildman–Crippen MR) is 152 cm³/mol. The molecule has 3 aromatic rings. The molecule has 5 rings (SSSR count). The SMILES string of the molecule is COC1(OCCCC(=O)O)C=CC(C(NC(=O)OCC2c3ccccc3-c3ccccc32)c2ccccc2)=CC1. The van der Waals surface area contributed by atoms with Crippen LogP contribution in [-0.2, 0) is 19.0 Å². The first-order valence-corrected chi connectivity index (χ1v) is 13.5. The van der Waals surface area contributed by atoms with Gasteiger partial charge in [0.05, 0.1) is 12.6 Å². The van der Waals surface area contributed by atoms with Crippen molar-refractivity contribution < 1.29 is 28.9 Å². The van der Waals surface area contributed by atoms with Crippen LogP contribution in [0.15, 0.2) is 103 Å². The van der Waals surface area contributed by atoms with Crippen LogP contribution in [0.5, 0.6) is 0 Å². The third-order valence-electron chi connectivity index (χ3n) is 7.45. The van der Waals surface area contributed by atoms with Gasteiger partial charge in [-0.25, -0.2) is 4.79 Å². The first-order chi connectivity index (χ1) is 19.5. The lowest BCUT2D eigenvalue weighted by atomic mass is 9.92. The summed E-state index contributed by atoms with van der Waals surface area (Å²) in [4.78, 5) is 24.0. The molecule has 0 aliphatic heterocycles.